The maximum absolute atomic E-state index is 13.1. The van der Waals surface area contributed by atoms with E-state index in [4.69, 9.17) is 10.5 Å². The Labute approximate surface area is 137 Å². The van der Waals surface area contributed by atoms with E-state index in [9.17, 15) is 23.1 Å². The minimum atomic E-state index is -4.55. The number of nitrogens with two attached hydrogens (primary N) is 1. The molecule has 1 amide bonds. The van der Waals surface area contributed by atoms with Crippen LogP contribution in [-0.4, -0.2) is 40.4 Å². The van der Waals surface area contributed by atoms with Crippen molar-refractivity contribution in [3.05, 3.63) is 24.0 Å². The van der Waals surface area contributed by atoms with Crippen LogP contribution in [0.15, 0.2) is 18.3 Å². The third-order valence-corrected chi connectivity index (χ3v) is 4.37. The predicted octanol–water partition coefficient (Wildman–Crippen LogP) is 1.76. The number of nitrogens with one attached hydrogen (secondary N) is 1. The first-order valence-corrected chi connectivity index (χ1v) is 7.48. The fourth-order valence-corrected chi connectivity index (χ4v) is 2.53. The number of hydrogen-bond donors (Lipinski definition) is 3. The number of aliphatic hydroxyl groups excluding tert-OH is 1. The number of aromatic nitrogens is 1. The number of alkyl halides is 3. The molecule has 9 heteroatoms. The molecule has 4 atom stereocenters. The molecule has 3 unspecified atom stereocenters. The topological polar surface area (TPSA) is 97.5 Å². The second kappa shape index (κ2) is 6.66. The number of carbonyl (C=O) groups is 1. The van der Waals surface area contributed by atoms with Gasteiger partial charge in [-0.3, -0.25) is 9.78 Å². The number of nitrogens with zero attached hydrogens (tertiary/aromatic N) is 1. The summed E-state index contributed by atoms with van der Waals surface area (Å²) in [5.41, 5.74) is 3.60. The Morgan fingerprint density at radius 1 is 1.58 bits per heavy atom. The summed E-state index contributed by atoms with van der Waals surface area (Å²) in [5, 5.41) is 12.0. The molecule has 6 nitrogen and oxygen atoms in total. The molecule has 0 spiro atoms. The predicted molar refractivity (Wildman–Crippen MR) is 80.0 cm³/mol. The number of aliphatic hydroxyl groups is 1. The number of amides is 1. The highest BCUT2D eigenvalue weighted by atomic mass is 19.4. The molecular weight excluding hydrogens is 327 g/mol. The highest BCUT2D eigenvalue weighted by Gasteiger charge is 2.61. The Bertz CT molecular complexity index is 594. The van der Waals surface area contributed by atoms with Gasteiger partial charge in [0, 0.05) is 6.54 Å². The van der Waals surface area contributed by atoms with Crippen LogP contribution >= 0.6 is 0 Å². The third-order valence-electron chi connectivity index (χ3n) is 4.37. The lowest BCUT2D eigenvalue weighted by atomic mass is 9.89. The van der Waals surface area contributed by atoms with Crippen molar-refractivity contribution in [2.75, 3.05) is 11.9 Å². The van der Waals surface area contributed by atoms with Crippen LogP contribution < -0.4 is 11.1 Å². The summed E-state index contributed by atoms with van der Waals surface area (Å²) in [4.78, 5) is 16.1. The van der Waals surface area contributed by atoms with E-state index in [1.807, 2.05) is 0 Å². The molecule has 4 N–H and O–H groups in total. The van der Waals surface area contributed by atoms with Crippen molar-refractivity contribution in [3.8, 4) is 0 Å². The average Bonchev–Trinajstić information content (AvgIpc) is 2.84. The van der Waals surface area contributed by atoms with Gasteiger partial charge in [0.2, 0.25) is 0 Å². The maximum atomic E-state index is 13.1. The van der Waals surface area contributed by atoms with Gasteiger partial charge >= 0.3 is 6.18 Å². The zero-order valence-electron chi connectivity index (χ0n) is 13.3. The van der Waals surface area contributed by atoms with Gasteiger partial charge in [-0.05, 0) is 31.4 Å². The Balaban J connectivity index is 2.03. The molecular formula is C15H20F3N3O3. The molecule has 1 aliphatic heterocycles. The molecule has 1 aromatic heterocycles. The lowest BCUT2D eigenvalue weighted by Gasteiger charge is -2.30. The first kappa shape index (κ1) is 18.6. The third kappa shape index (κ3) is 3.52. The first-order valence-electron chi connectivity index (χ1n) is 7.48. The molecule has 0 aromatic carbocycles. The maximum Gasteiger partial charge on any atom is 0.417 e. The second-order valence-corrected chi connectivity index (χ2v) is 6.06. The van der Waals surface area contributed by atoms with Gasteiger partial charge in [-0.25, -0.2) is 0 Å². The zero-order chi connectivity index (χ0) is 18.1. The minimum absolute atomic E-state index is 0.00251. The number of halogens is 3. The Morgan fingerprint density at radius 2 is 2.25 bits per heavy atom. The van der Waals surface area contributed by atoms with Crippen molar-refractivity contribution in [1.82, 2.24) is 4.98 Å². The van der Waals surface area contributed by atoms with Gasteiger partial charge in [0.25, 0.3) is 5.91 Å². The van der Waals surface area contributed by atoms with Gasteiger partial charge < -0.3 is 20.9 Å². The molecule has 24 heavy (non-hydrogen) atoms. The van der Waals surface area contributed by atoms with Gasteiger partial charge in [-0.2, -0.15) is 13.2 Å². The molecule has 1 saturated heterocycles. The monoisotopic (exact) mass is 347 g/mol. The number of anilines is 1. The van der Waals surface area contributed by atoms with Crippen LogP contribution in [-0.2, 0) is 9.53 Å². The van der Waals surface area contributed by atoms with Crippen LogP contribution in [0.4, 0.5) is 18.9 Å². The van der Waals surface area contributed by atoms with Crippen molar-refractivity contribution in [2.24, 2.45) is 11.7 Å². The van der Waals surface area contributed by atoms with Crippen molar-refractivity contribution in [2.45, 2.75) is 44.3 Å². The van der Waals surface area contributed by atoms with E-state index in [0.717, 1.165) is 6.92 Å². The van der Waals surface area contributed by atoms with E-state index >= 15 is 0 Å². The Kier molecular flexibility index (Phi) is 5.17. The van der Waals surface area contributed by atoms with Crippen LogP contribution in [0.3, 0.4) is 0 Å². The summed E-state index contributed by atoms with van der Waals surface area (Å²) in [6, 6.07) is 2.96. The summed E-state index contributed by atoms with van der Waals surface area (Å²) in [5.74, 6) is -1.50. The van der Waals surface area contributed by atoms with Gasteiger partial charge in [0.1, 0.15) is 12.2 Å². The highest BCUT2D eigenvalue weighted by molar-refractivity contribution is 5.94. The highest BCUT2D eigenvalue weighted by Crippen LogP contribution is 2.46. The number of carbonyl (C=O) groups excluding carboxylic acids is 1. The molecule has 1 aliphatic rings. The lowest BCUT2D eigenvalue weighted by molar-refractivity contribution is -0.272. The van der Waals surface area contributed by atoms with Crippen LogP contribution in [0.5, 0.6) is 0 Å². The SMILES string of the molecule is CC1CC(C(=O)Nc2ccc([C@H](O)CN)nc2)OC1(C)C(F)(F)F. The normalized spacial score (nSPS) is 28.6. The lowest BCUT2D eigenvalue weighted by Crippen LogP contribution is -2.47. The quantitative estimate of drug-likeness (QED) is 0.771. The smallest absolute Gasteiger partial charge is 0.385 e. The van der Waals surface area contributed by atoms with Crippen molar-refractivity contribution >= 4 is 11.6 Å². The summed E-state index contributed by atoms with van der Waals surface area (Å²) in [6.45, 7) is 2.36. The minimum Gasteiger partial charge on any atom is -0.385 e. The Hall–Kier alpha value is -1.71. The molecule has 1 fully saturated rings. The van der Waals surface area contributed by atoms with E-state index in [1.165, 1.54) is 25.3 Å². The van der Waals surface area contributed by atoms with E-state index in [1.54, 1.807) is 0 Å². The molecule has 1 aromatic rings. The number of rotatable bonds is 4. The van der Waals surface area contributed by atoms with Gasteiger partial charge in [0.05, 0.1) is 17.6 Å². The van der Waals surface area contributed by atoms with E-state index < -0.39 is 35.8 Å². The summed E-state index contributed by atoms with van der Waals surface area (Å²) < 4.78 is 44.4. The summed E-state index contributed by atoms with van der Waals surface area (Å²) in [7, 11) is 0. The number of hydrogen-bond acceptors (Lipinski definition) is 5. The average molecular weight is 347 g/mol. The van der Waals surface area contributed by atoms with Crippen LogP contribution in [0, 0.1) is 5.92 Å². The largest absolute Gasteiger partial charge is 0.417 e. The van der Waals surface area contributed by atoms with Gasteiger partial charge in [-0.1, -0.05) is 6.92 Å². The van der Waals surface area contributed by atoms with Crippen molar-refractivity contribution < 1.29 is 27.8 Å². The van der Waals surface area contributed by atoms with E-state index in [-0.39, 0.29) is 13.0 Å². The molecule has 0 bridgehead atoms. The van der Waals surface area contributed by atoms with Crippen molar-refractivity contribution in [1.29, 1.82) is 0 Å². The van der Waals surface area contributed by atoms with E-state index in [2.05, 4.69) is 10.3 Å². The first-order chi connectivity index (χ1) is 11.1. The molecule has 0 radical (unpaired) electrons. The fourth-order valence-electron chi connectivity index (χ4n) is 2.53. The summed E-state index contributed by atoms with van der Waals surface area (Å²) >= 11 is 0. The molecule has 0 aliphatic carbocycles. The molecule has 134 valence electrons. The zero-order valence-corrected chi connectivity index (χ0v) is 13.3. The van der Waals surface area contributed by atoms with Crippen LogP contribution in [0.25, 0.3) is 0 Å². The molecule has 0 saturated carbocycles. The number of ether oxygens (including phenoxy) is 1. The number of pyridine rings is 1. The van der Waals surface area contributed by atoms with E-state index in [0.29, 0.717) is 11.4 Å². The standard InChI is InChI=1S/C15H20F3N3O3/c1-8-5-12(24-14(8,2)15(16,17)18)13(23)21-9-3-4-10(20-7-9)11(22)6-19/h3-4,7-8,11-12,22H,5-6,19H2,1-2H3,(H,21,23)/t8?,11-,12?,14?/m1/s1. The van der Waals surface area contributed by atoms with Gasteiger partial charge in [-0.15, -0.1) is 0 Å². The van der Waals surface area contributed by atoms with Gasteiger partial charge in [0.15, 0.2) is 5.60 Å². The fraction of sp³-hybridized carbons (Fsp3) is 0.600. The summed E-state index contributed by atoms with van der Waals surface area (Å²) in [6.07, 6.45) is -5.39. The Morgan fingerprint density at radius 3 is 2.71 bits per heavy atom. The van der Waals surface area contributed by atoms with Crippen LogP contribution in [0.2, 0.25) is 0 Å². The molecule has 2 heterocycles. The van der Waals surface area contributed by atoms with Crippen molar-refractivity contribution in [3.63, 3.8) is 0 Å². The van der Waals surface area contributed by atoms with Crippen LogP contribution in [0.1, 0.15) is 32.1 Å². The second-order valence-electron chi connectivity index (χ2n) is 6.06. The molecule has 2 rings (SSSR count).